The minimum Gasteiger partial charge on any atom is -0.285 e. The lowest BCUT2D eigenvalue weighted by molar-refractivity contribution is 0.0817. The van der Waals surface area contributed by atoms with Crippen molar-refractivity contribution >= 4 is 11.6 Å². The van der Waals surface area contributed by atoms with Crippen molar-refractivity contribution in [2.24, 2.45) is 0 Å². The Morgan fingerprint density at radius 1 is 0.750 bits per heavy atom. The van der Waals surface area contributed by atoms with Crippen LogP contribution in [0.2, 0.25) is 0 Å². The molecule has 0 radical (unpaired) electrons. The lowest BCUT2D eigenvalue weighted by Crippen LogP contribution is -2.14. The van der Waals surface area contributed by atoms with Gasteiger partial charge in [-0.2, -0.15) is 10.5 Å². The van der Waals surface area contributed by atoms with Crippen molar-refractivity contribution < 1.29 is 9.59 Å². The molecule has 0 fully saturated rings. The highest BCUT2D eigenvalue weighted by atomic mass is 16.2. The van der Waals surface area contributed by atoms with E-state index in [9.17, 15) is 9.59 Å². The Labute approximate surface area is 115 Å². The number of hydrogen-bond acceptors (Lipinski definition) is 4. The van der Waals surface area contributed by atoms with Crippen LogP contribution in [0.1, 0.15) is 31.8 Å². The van der Waals surface area contributed by atoms with Gasteiger partial charge in [0.1, 0.15) is 0 Å². The van der Waals surface area contributed by atoms with E-state index in [-0.39, 0.29) is 11.1 Å². The molecule has 0 bridgehead atoms. The lowest BCUT2D eigenvalue weighted by atomic mass is 9.99. The molecule has 2 aromatic carbocycles. The van der Waals surface area contributed by atoms with E-state index in [2.05, 4.69) is 0 Å². The molecule has 0 saturated carbocycles. The van der Waals surface area contributed by atoms with Crippen LogP contribution in [0.15, 0.2) is 48.5 Å². The van der Waals surface area contributed by atoms with Crippen LogP contribution in [0, 0.1) is 22.7 Å². The third kappa shape index (κ3) is 2.60. The van der Waals surface area contributed by atoms with Gasteiger partial charge >= 0.3 is 0 Å². The largest absolute Gasteiger partial charge is 0.285 e. The molecular weight excluding hydrogens is 252 g/mol. The number of nitriles is 2. The summed E-state index contributed by atoms with van der Waals surface area (Å²) >= 11 is 0. The number of Topliss-reactive ketones (excluding diaryl/α,β-unsaturated/α-hetero) is 2. The van der Waals surface area contributed by atoms with Gasteiger partial charge in [-0.1, -0.05) is 24.3 Å². The average Bonchev–Trinajstić information content (AvgIpc) is 2.53. The standard InChI is InChI=1S/C16H8N2O2/c17-9-11-3-1-5-13(7-11)15(19)16(20)14-6-2-4-12(8-14)10-18/h1-8H. The zero-order valence-electron chi connectivity index (χ0n) is 10.3. The zero-order valence-corrected chi connectivity index (χ0v) is 10.3. The smallest absolute Gasteiger partial charge is 0.233 e. The van der Waals surface area contributed by atoms with E-state index in [1.165, 1.54) is 24.3 Å². The van der Waals surface area contributed by atoms with Crippen molar-refractivity contribution in [3.8, 4) is 12.1 Å². The highest BCUT2D eigenvalue weighted by molar-refractivity contribution is 6.49. The van der Waals surface area contributed by atoms with E-state index in [1.54, 1.807) is 24.3 Å². The number of carbonyl (C=O) groups is 2. The number of rotatable bonds is 3. The van der Waals surface area contributed by atoms with Crippen LogP contribution in [0.4, 0.5) is 0 Å². The van der Waals surface area contributed by atoms with Crippen molar-refractivity contribution in [2.75, 3.05) is 0 Å². The van der Waals surface area contributed by atoms with Crippen LogP contribution in [0.3, 0.4) is 0 Å². The summed E-state index contributed by atoms with van der Waals surface area (Å²) in [6, 6.07) is 15.7. The predicted molar refractivity (Wildman–Crippen MR) is 71.0 cm³/mol. The molecule has 0 aliphatic heterocycles. The Hall–Kier alpha value is -3.24. The first-order valence-electron chi connectivity index (χ1n) is 5.75. The number of carbonyl (C=O) groups excluding carboxylic acids is 2. The fourth-order valence-electron chi connectivity index (χ4n) is 1.72. The minimum atomic E-state index is -0.697. The van der Waals surface area contributed by atoms with E-state index in [4.69, 9.17) is 10.5 Å². The number of benzene rings is 2. The highest BCUT2D eigenvalue weighted by Crippen LogP contribution is 2.11. The summed E-state index contributed by atoms with van der Waals surface area (Å²) in [5.74, 6) is -1.39. The van der Waals surface area contributed by atoms with Gasteiger partial charge in [-0.15, -0.1) is 0 Å². The van der Waals surface area contributed by atoms with Crippen LogP contribution in [0.25, 0.3) is 0 Å². The molecule has 0 aromatic heterocycles. The second-order valence-corrected chi connectivity index (χ2v) is 4.04. The number of nitrogens with zero attached hydrogens (tertiary/aromatic N) is 2. The molecule has 2 rings (SSSR count). The first-order chi connectivity index (χ1) is 9.65. The summed E-state index contributed by atoms with van der Waals surface area (Å²) in [5, 5.41) is 17.6. The van der Waals surface area contributed by atoms with Crippen molar-refractivity contribution in [2.45, 2.75) is 0 Å². The topological polar surface area (TPSA) is 81.7 Å². The second-order valence-electron chi connectivity index (χ2n) is 4.04. The van der Waals surface area contributed by atoms with Gasteiger partial charge < -0.3 is 0 Å². The summed E-state index contributed by atoms with van der Waals surface area (Å²) in [7, 11) is 0. The van der Waals surface area contributed by atoms with E-state index in [1.807, 2.05) is 12.1 Å². The molecule has 0 aliphatic rings. The van der Waals surface area contributed by atoms with Crippen molar-refractivity contribution in [3.63, 3.8) is 0 Å². The van der Waals surface area contributed by atoms with Gasteiger partial charge in [-0.25, -0.2) is 0 Å². The molecule has 2 aromatic rings. The number of hydrogen-bond donors (Lipinski definition) is 0. The van der Waals surface area contributed by atoms with Crippen LogP contribution in [0.5, 0.6) is 0 Å². The first kappa shape index (κ1) is 13.2. The van der Waals surface area contributed by atoms with Gasteiger partial charge in [0.15, 0.2) is 0 Å². The van der Waals surface area contributed by atoms with Gasteiger partial charge in [-0.3, -0.25) is 9.59 Å². The molecule has 4 heteroatoms. The van der Waals surface area contributed by atoms with Crippen molar-refractivity contribution in [1.82, 2.24) is 0 Å². The van der Waals surface area contributed by atoms with Gasteiger partial charge in [-0.05, 0) is 24.3 Å². The summed E-state index contributed by atoms with van der Waals surface area (Å²) in [6.45, 7) is 0. The number of ketones is 2. The van der Waals surface area contributed by atoms with Gasteiger partial charge in [0.25, 0.3) is 0 Å². The summed E-state index contributed by atoms with van der Waals surface area (Å²) in [4.78, 5) is 24.1. The molecule has 0 unspecified atom stereocenters. The Kier molecular flexibility index (Phi) is 3.70. The van der Waals surface area contributed by atoms with Crippen molar-refractivity contribution in [1.29, 1.82) is 10.5 Å². The molecule has 0 atom stereocenters. The average molecular weight is 260 g/mol. The molecular formula is C16H8N2O2. The monoisotopic (exact) mass is 260 g/mol. The van der Waals surface area contributed by atoms with Gasteiger partial charge in [0.2, 0.25) is 11.6 Å². The Morgan fingerprint density at radius 2 is 1.15 bits per heavy atom. The first-order valence-corrected chi connectivity index (χ1v) is 5.75. The summed E-state index contributed by atoms with van der Waals surface area (Å²) in [5.41, 5.74) is 0.955. The fraction of sp³-hybridized carbons (Fsp3) is 0. The van der Waals surface area contributed by atoms with Gasteiger partial charge in [0, 0.05) is 11.1 Å². The summed E-state index contributed by atoms with van der Waals surface area (Å²) < 4.78 is 0. The van der Waals surface area contributed by atoms with E-state index >= 15 is 0 Å². The van der Waals surface area contributed by atoms with Crippen LogP contribution < -0.4 is 0 Å². The van der Waals surface area contributed by atoms with E-state index < -0.39 is 11.6 Å². The second kappa shape index (κ2) is 5.60. The molecule has 0 amide bonds. The Balaban J connectivity index is 2.35. The third-order valence-corrected chi connectivity index (χ3v) is 2.71. The van der Waals surface area contributed by atoms with Crippen LogP contribution in [-0.4, -0.2) is 11.6 Å². The fourth-order valence-corrected chi connectivity index (χ4v) is 1.72. The molecule has 20 heavy (non-hydrogen) atoms. The van der Waals surface area contributed by atoms with E-state index in [0.29, 0.717) is 11.1 Å². The minimum absolute atomic E-state index is 0.163. The Morgan fingerprint density at radius 3 is 1.50 bits per heavy atom. The Bertz CT molecular complexity index is 712. The van der Waals surface area contributed by atoms with Crippen LogP contribution in [-0.2, 0) is 0 Å². The maximum atomic E-state index is 12.1. The molecule has 4 nitrogen and oxygen atoms in total. The molecule has 94 valence electrons. The van der Waals surface area contributed by atoms with Gasteiger partial charge in [0.05, 0.1) is 23.3 Å². The molecule has 0 heterocycles. The van der Waals surface area contributed by atoms with Crippen LogP contribution >= 0.6 is 0 Å². The maximum Gasteiger partial charge on any atom is 0.233 e. The third-order valence-electron chi connectivity index (χ3n) is 2.71. The predicted octanol–water partition coefficient (Wildman–Crippen LogP) is 2.50. The van der Waals surface area contributed by atoms with Crippen molar-refractivity contribution in [3.05, 3.63) is 70.8 Å². The van der Waals surface area contributed by atoms with E-state index in [0.717, 1.165) is 0 Å². The molecule has 0 saturated heterocycles. The molecule has 0 aliphatic carbocycles. The SMILES string of the molecule is N#Cc1cccc(C(=O)C(=O)c2cccc(C#N)c2)c1. The maximum absolute atomic E-state index is 12.1. The quantitative estimate of drug-likeness (QED) is 0.627. The lowest BCUT2D eigenvalue weighted by Gasteiger charge is -2.01. The normalized spacial score (nSPS) is 9.30. The highest BCUT2D eigenvalue weighted by Gasteiger charge is 2.18. The molecule has 0 N–H and O–H groups in total. The zero-order chi connectivity index (χ0) is 14.5. The summed E-state index contributed by atoms with van der Waals surface area (Å²) in [6.07, 6.45) is 0. The molecule has 0 spiro atoms.